The van der Waals surface area contributed by atoms with E-state index >= 15 is 0 Å². The van der Waals surface area contributed by atoms with Crippen LogP contribution < -0.4 is 10.1 Å². The smallest absolute Gasteiger partial charge is 0.127 e. The van der Waals surface area contributed by atoms with Crippen LogP contribution in [-0.2, 0) is 6.54 Å². The molecule has 0 bridgehead atoms. The summed E-state index contributed by atoms with van der Waals surface area (Å²) in [5, 5.41) is 3.01. The van der Waals surface area contributed by atoms with Crippen LogP contribution in [0.15, 0.2) is 18.2 Å². The van der Waals surface area contributed by atoms with Crippen LogP contribution in [0.25, 0.3) is 0 Å². The summed E-state index contributed by atoms with van der Waals surface area (Å²) >= 11 is 0. The van der Waals surface area contributed by atoms with Gasteiger partial charge in [-0.2, -0.15) is 0 Å². The van der Waals surface area contributed by atoms with E-state index < -0.39 is 0 Å². The van der Waals surface area contributed by atoms with E-state index in [1.54, 1.807) is 0 Å². The van der Waals surface area contributed by atoms with Gasteiger partial charge in [0.25, 0.3) is 0 Å². The van der Waals surface area contributed by atoms with Crippen molar-refractivity contribution in [2.75, 3.05) is 13.7 Å². The molecule has 2 nitrogen and oxygen atoms in total. The molecular formula is C15H24FNO. The second-order valence-electron chi connectivity index (χ2n) is 4.59. The molecule has 0 spiro atoms. The molecule has 0 aliphatic rings. The molecule has 1 rings (SSSR count). The van der Waals surface area contributed by atoms with Crippen molar-refractivity contribution in [3.05, 3.63) is 29.6 Å². The van der Waals surface area contributed by atoms with E-state index in [2.05, 4.69) is 12.2 Å². The molecule has 0 saturated carbocycles. The summed E-state index contributed by atoms with van der Waals surface area (Å²) < 4.78 is 18.9. The van der Waals surface area contributed by atoms with Crippen LogP contribution in [0.5, 0.6) is 5.75 Å². The molecule has 0 amide bonds. The van der Waals surface area contributed by atoms with E-state index in [0.29, 0.717) is 18.9 Å². The summed E-state index contributed by atoms with van der Waals surface area (Å²) in [7, 11) is 1.85. The molecule has 0 aromatic heterocycles. The van der Waals surface area contributed by atoms with Crippen molar-refractivity contribution >= 4 is 0 Å². The molecular weight excluding hydrogens is 229 g/mol. The van der Waals surface area contributed by atoms with Crippen molar-refractivity contribution in [3.8, 4) is 5.75 Å². The van der Waals surface area contributed by atoms with E-state index in [1.807, 2.05) is 13.1 Å². The summed E-state index contributed by atoms with van der Waals surface area (Å²) in [5.41, 5.74) is 0.915. The summed E-state index contributed by atoms with van der Waals surface area (Å²) in [4.78, 5) is 0. The molecule has 1 N–H and O–H groups in total. The first-order valence-electron chi connectivity index (χ1n) is 6.83. The lowest BCUT2D eigenvalue weighted by atomic mass is 10.2. The second-order valence-corrected chi connectivity index (χ2v) is 4.59. The molecule has 3 heteroatoms. The molecule has 0 atom stereocenters. The highest BCUT2D eigenvalue weighted by Crippen LogP contribution is 2.17. The largest absolute Gasteiger partial charge is 0.493 e. The van der Waals surface area contributed by atoms with Crippen LogP contribution in [0.1, 0.15) is 44.6 Å². The third kappa shape index (κ3) is 6.01. The fourth-order valence-electron chi connectivity index (χ4n) is 1.91. The Labute approximate surface area is 110 Å². The minimum absolute atomic E-state index is 0.233. The lowest BCUT2D eigenvalue weighted by Gasteiger charge is -2.08. The monoisotopic (exact) mass is 253 g/mol. The van der Waals surface area contributed by atoms with Crippen LogP contribution in [0, 0.1) is 5.82 Å². The Kier molecular flexibility index (Phi) is 7.42. The van der Waals surface area contributed by atoms with Crippen molar-refractivity contribution in [2.45, 2.75) is 45.6 Å². The summed E-state index contributed by atoms with van der Waals surface area (Å²) in [6.45, 7) is 3.53. The van der Waals surface area contributed by atoms with Crippen LogP contribution in [0.4, 0.5) is 4.39 Å². The topological polar surface area (TPSA) is 21.3 Å². The Bertz CT molecular complexity index is 341. The number of nitrogens with one attached hydrogen (secondary N) is 1. The average molecular weight is 253 g/mol. The lowest BCUT2D eigenvalue weighted by Crippen LogP contribution is -2.06. The summed E-state index contributed by atoms with van der Waals surface area (Å²) in [5.74, 6) is 0.402. The fourth-order valence-corrected chi connectivity index (χ4v) is 1.91. The fraction of sp³-hybridized carbons (Fsp3) is 0.600. The van der Waals surface area contributed by atoms with Crippen molar-refractivity contribution < 1.29 is 9.13 Å². The standard InChI is InChI=1S/C15H24FNO/c1-3-4-5-6-7-8-18-15-10-13(12-17-2)9-14(16)11-15/h9-11,17H,3-8,12H2,1-2H3. The Hall–Kier alpha value is -1.09. The number of hydrogen-bond donors (Lipinski definition) is 1. The predicted octanol–water partition coefficient (Wildman–Crippen LogP) is 3.89. The minimum atomic E-state index is -0.233. The Morgan fingerprint density at radius 3 is 2.61 bits per heavy atom. The average Bonchev–Trinajstić information content (AvgIpc) is 2.33. The van der Waals surface area contributed by atoms with E-state index in [1.165, 1.54) is 37.8 Å². The SMILES string of the molecule is CCCCCCCOc1cc(F)cc(CNC)c1. The quantitative estimate of drug-likeness (QED) is 0.674. The summed E-state index contributed by atoms with van der Waals surface area (Å²) in [6.07, 6.45) is 6.02. The maximum Gasteiger partial charge on any atom is 0.127 e. The van der Waals surface area contributed by atoms with Gasteiger partial charge in [0.2, 0.25) is 0 Å². The van der Waals surface area contributed by atoms with Crippen LogP contribution in [-0.4, -0.2) is 13.7 Å². The highest BCUT2D eigenvalue weighted by molar-refractivity contribution is 5.29. The molecule has 0 radical (unpaired) electrons. The first-order valence-corrected chi connectivity index (χ1v) is 6.83. The van der Waals surface area contributed by atoms with Gasteiger partial charge in [-0.1, -0.05) is 32.6 Å². The number of unbranched alkanes of at least 4 members (excludes halogenated alkanes) is 4. The maximum absolute atomic E-state index is 13.3. The molecule has 18 heavy (non-hydrogen) atoms. The van der Waals surface area contributed by atoms with Gasteiger partial charge in [0.1, 0.15) is 11.6 Å². The molecule has 0 unspecified atom stereocenters. The molecule has 0 fully saturated rings. The van der Waals surface area contributed by atoms with E-state index in [-0.39, 0.29) is 5.82 Å². The van der Waals surface area contributed by atoms with E-state index in [9.17, 15) is 4.39 Å². The summed E-state index contributed by atoms with van der Waals surface area (Å²) in [6, 6.07) is 4.88. The normalized spacial score (nSPS) is 10.6. The van der Waals surface area contributed by atoms with Crippen molar-refractivity contribution in [1.82, 2.24) is 5.32 Å². The molecule has 1 aromatic rings. The Morgan fingerprint density at radius 1 is 1.11 bits per heavy atom. The third-order valence-electron chi connectivity index (χ3n) is 2.83. The number of ether oxygens (including phenoxy) is 1. The van der Waals surface area contributed by atoms with Gasteiger partial charge < -0.3 is 10.1 Å². The molecule has 0 aliphatic carbocycles. The van der Waals surface area contributed by atoms with E-state index in [4.69, 9.17) is 4.74 Å². The van der Waals surface area contributed by atoms with Gasteiger partial charge in [-0.3, -0.25) is 0 Å². The molecule has 0 heterocycles. The maximum atomic E-state index is 13.3. The second kappa shape index (κ2) is 8.92. The van der Waals surface area contributed by atoms with Crippen molar-refractivity contribution in [3.63, 3.8) is 0 Å². The van der Waals surface area contributed by atoms with Crippen molar-refractivity contribution in [1.29, 1.82) is 0 Å². The van der Waals surface area contributed by atoms with Gasteiger partial charge in [0, 0.05) is 12.6 Å². The van der Waals surface area contributed by atoms with Crippen molar-refractivity contribution in [2.24, 2.45) is 0 Å². The van der Waals surface area contributed by atoms with Gasteiger partial charge in [-0.05, 0) is 31.2 Å². The highest BCUT2D eigenvalue weighted by atomic mass is 19.1. The Balaban J connectivity index is 2.32. The van der Waals surface area contributed by atoms with Crippen LogP contribution >= 0.6 is 0 Å². The van der Waals surface area contributed by atoms with Gasteiger partial charge in [0.15, 0.2) is 0 Å². The zero-order valence-corrected chi connectivity index (χ0v) is 11.5. The van der Waals surface area contributed by atoms with E-state index in [0.717, 1.165) is 12.0 Å². The molecule has 1 aromatic carbocycles. The van der Waals surface area contributed by atoms with Gasteiger partial charge >= 0.3 is 0 Å². The first-order chi connectivity index (χ1) is 8.76. The van der Waals surface area contributed by atoms with Gasteiger partial charge in [0.05, 0.1) is 6.61 Å². The number of halogens is 1. The first kappa shape index (κ1) is 15.0. The van der Waals surface area contributed by atoms with Gasteiger partial charge in [-0.15, -0.1) is 0 Å². The van der Waals surface area contributed by atoms with Gasteiger partial charge in [-0.25, -0.2) is 4.39 Å². The zero-order chi connectivity index (χ0) is 13.2. The third-order valence-corrected chi connectivity index (χ3v) is 2.83. The minimum Gasteiger partial charge on any atom is -0.493 e. The molecule has 0 saturated heterocycles. The molecule has 102 valence electrons. The van der Waals surface area contributed by atoms with Crippen LogP contribution in [0.2, 0.25) is 0 Å². The number of hydrogen-bond acceptors (Lipinski definition) is 2. The highest BCUT2D eigenvalue weighted by Gasteiger charge is 2.01. The zero-order valence-electron chi connectivity index (χ0n) is 11.5. The Morgan fingerprint density at radius 2 is 1.89 bits per heavy atom. The predicted molar refractivity (Wildman–Crippen MR) is 73.4 cm³/mol. The van der Waals surface area contributed by atoms with Crippen LogP contribution in [0.3, 0.4) is 0 Å². The molecule has 0 aliphatic heterocycles. The number of benzene rings is 1. The number of rotatable bonds is 9. The lowest BCUT2D eigenvalue weighted by molar-refractivity contribution is 0.302.